The van der Waals surface area contributed by atoms with E-state index in [9.17, 15) is 24.6 Å². The van der Waals surface area contributed by atoms with Crippen LogP contribution >= 0.6 is 0 Å². The predicted molar refractivity (Wildman–Crippen MR) is 192 cm³/mol. The minimum absolute atomic E-state index is 0.00129. The number of hydrogen-bond acceptors (Lipinski definition) is 12. The summed E-state index contributed by atoms with van der Waals surface area (Å²) in [5.41, 5.74) is 0.467. The SMILES string of the molecule is CC(C)(C)OC(=O)CCC(CO)NC(=O)C1CCCN1C(=O)C12CC3OC(=O)C1N(Cc1cccc(C=CCc4ccccc4O)c1)OC2C1OCOC31. The number of esters is 2. The summed E-state index contributed by atoms with van der Waals surface area (Å²) in [6.45, 7) is 5.32. The number of para-hydroxylation sites is 1. The van der Waals surface area contributed by atoms with Gasteiger partial charge in [-0.15, -0.1) is 0 Å². The van der Waals surface area contributed by atoms with E-state index in [1.54, 1.807) is 32.9 Å². The van der Waals surface area contributed by atoms with E-state index in [1.165, 1.54) is 9.96 Å². The van der Waals surface area contributed by atoms with Crippen molar-refractivity contribution in [2.24, 2.45) is 5.41 Å². The van der Waals surface area contributed by atoms with Gasteiger partial charge in [0.1, 0.15) is 54.0 Å². The fourth-order valence-corrected chi connectivity index (χ4v) is 8.53. The van der Waals surface area contributed by atoms with Gasteiger partial charge in [-0.3, -0.25) is 24.0 Å². The number of nitrogens with zero attached hydrogens (tertiary/aromatic N) is 2. The molecule has 0 spiro atoms. The molecule has 14 nitrogen and oxygen atoms in total. The summed E-state index contributed by atoms with van der Waals surface area (Å²) in [6, 6.07) is 12.2. The van der Waals surface area contributed by atoms with Crippen molar-refractivity contribution in [1.82, 2.24) is 15.3 Å². The number of phenolic OH excluding ortho intramolecular Hbond substituents is 1. The Labute approximate surface area is 314 Å². The first-order valence-corrected chi connectivity index (χ1v) is 18.7. The van der Waals surface area contributed by atoms with Crippen molar-refractivity contribution >= 4 is 29.8 Å². The minimum Gasteiger partial charge on any atom is -0.508 e. The van der Waals surface area contributed by atoms with E-state index in [0.29, 0.717) is 25.8 Å². The van der Waals surface area contributed by atoms with Gasteiger partial charge < -0.3 is 39.4 Å². The maximum Gasteiger partial charge on any atom is 0.327 e. The Morgan fingerprint density at radius 3 is 2.69 bits per heavy atom. The lowest BCUT2D eigenvalue weighted by Crippen LogP contribution is -2.70. The highest BCUT2D eigenvalue weighted by Crippen LogP contribution is 2.56. The van der Waals surface area contributed by atoms with Crippen molar-refractivity contribution in [2.75, 3.05) is 19.9 Å². The van der Waals surface area contributed by atoms with Gasteiger partial charge in [0, 0.05) is 19.4 Å². The van der Waals surface area contributed by atoms with Gasteiger partial charge in [-0.2, -0.15) is 5.06 Å². The molecule has 8 atom stereocenters. The third kappa shape index (κ3) is 7.50. The molecular weight excluding hydrogens is 698 g/mol. The van der Waals surface area contributed by atoms with Crippen molar-refractivity contribution in [3.63, 3.8) is 0 Å². The third-order valence-electron chi connectivity index (χ3n) is 10.9. The molecule has 4 heterocycles. The molecule has 1 aliphatic carbocycles. The summed E-state index contributed by atoms with van der Waals surface area (Å²) < 4.78 is 23.2. The van der Waals surface area contributed by atoms with Crippen LogP contribution in [0.4, 0.5) is 0 Å². The molecule has 14 heteroatoms. The van der Waals surface area contributed by atoms with E-state index >= 15 is 4.79 Å². The standard InChI is InChI=1S/C40H49N3O11/c1-39(2,3)53-31(46)17-16-27(22-44)41-36(47)28-14-8-18-42(28)38(49)40-20-30-32-33(51-23-50-32)35(40)54-43(34(40)37(48)52-30)21-25-11-6-9-24(19-25)10-7-13-26-12-4-5-15-29(26)45/h4-7,9-12,15,19,27-28,30,32-35,44-45H,8,13-14,16-18,20-23H2,1-3H3,(H,41,47). The fourth-order valence-electron chi connectivity index (χ4n) is 8.53. The molecule has 290 valence electrons. The molecule has 8 unspecified atom stereocenters. The smallest absolute Gasteiger partial charge is 0.327 e. The van der Waals surface area contributed by atoms with Crippen LogP contribution in [0.1, 0.15) is 69.6 Å². The van der Waals surface area contributed by atoms with Crippen molar-refractivity contribution in [2.45, 2.75) is 114 Å². The lowest BCUT2D eigenvalue weighted by molar-refractivity contribution is -0.204. The molecule has 2 aromatic carbocycles. The number of rotatable bonds is 12. The van der Waals surface area contributed by atoms with Gasteiger partial charge in [-0.05, 0) is 69.2 Å². The lowest BCUT2D eigenvalue weighted by atomic mass is 9.62. The van der Waals surface area contributed by atoms with E-state index in [4.69, 9.17) is 23.8 Å². The molecule has 2 aromatic rings. The van der Waals surface area contributed by atoms with Gasteiger partial charge >= 0.3 is 11.9 Å². The summed E-state index contributed by atoms with van der Waals surface area (Å²) in [4.78, 5) is 63.2. The second-order valence-electron chi connectivity index (χ2n) is 15.8. The van der Waals surface area contributed by atoms with Crippen LogP contribution < -0.4 is 5.32 Å². The first kappa shape index (κ1) is 38.0. The molecule has 2 amide bonds. The van der Waals surface area contributed by atoms with Gasteiger partial charge in [-0.1, -0.05) is 54.6 Å². The summed E-state index contributed by atoms with van der Waals surface area (Å²) in [7, 11) is 0. The van der Waals surface area contributed by atoms with E-state index in [0.717, 1.165) is 16.7 Å². The molecule has 0 aromatic heterocycles. The van der Waals surface area contributed by atoms with Crippen molar-refractivity contribution in [3.05, 3.63) is 71.3 Å². The number of likely N-dealkylation sites (tertiary alicyclic amines) is 1. The Morgan fingerprint density at radius 2 is 1.91 bits per heavy atom. The molecule has 4 saturated heterocycles. The Morgan fingerprint density at radius 1 is 1.11 bits per heavy atom. The van der Waals surface area contributed by atoms with Crippen molar-refractivity contribution in [3.8, 4) is 5.75 Å². The van der Waals surface area contributed by atoms with Gasteiger partial charge in [0.25, 0.3) is 0 Å². The van der Waals surface area contributed by atoms with Crippen LogP contribution in [-0.2, 0) is 55.9 Å². The number of benzene rings is 2. The van der Waals surface area contributed by atoms with E-state index in [-0.39, 0.29) is 44.3 Å². The normalized spacial score (nSPS) is 29.6. The molecule has 5 fully saturated rings. The highest BCUT2D eigenvalue weighted by Gasteiger charge is 2.75. The fraction of sp³-hybridized carbons (Fsp3) is 0.550. The molecule has 0 radical (unpaired) electrons. The van der Waals surface area contributed by atoms with Crippen LogP contribution in [0.3, 0.4) is 0 Å². The number of carbonyl (C=O) groups excluding carboxylic acids is 4. The van der Waals surface area contributed by atoms with Crippen LogP contribution in [0.2, 0.25) is 0 Å². The largest absolute Gasteiger partial charge is 0.508 e. The highest BCUT2D eigenvalue weighted by atomic mass is 16.8. The zero-order chi connectivity index (χ0) is 38.2. The number of allylic oxidation sites excluding steroid dienone is 1. The average molecular weight is 748 g/mol. The zero-order valence-electron chi connectivity index (χ0n) is 30.8. The average Bonchev–Trinajstić information content (AvgIpc) is 3.89. The highest BCUT2D eigenvalue weighted by molar-refractivity contribution is 5.96. The van der Waals surface area contributed by atoms with Gasteiger partial charge in [0.15, 0.2) is 6.04 Å². The second-order valence-corrected chi connectivity index (χ2v) is 15.8. The van der Waals surface area contributed by atoms with Crippen molar-refractivity contribution < 1.29 is 53.2 Å². The second kappa shape index (κ2) is 15.4. The number of phenols is 1. The number of hydroxylamine groups is 2. The molecule has 2 bridgehead atoms. The number of aliphatic hydroxyl groups is 1. The number of aromatic hydroxyl groups is 1. The van der Waals surface area contributed by atoms with Gasteiger partial charge in [0.05, 0.1) is 19.2 Å². The van der Waals surface area contributed by atoms with Crippen LogP contribution in [0.5, 0.6) is 5.75 Å². The number of carbonyl (C=O) groups is 4. The van der Waals surface area contributed by atoms with Crippen LogP contribution in [0, 0.1) is 5.41 Å². The van der Waals surface area contributed by atoms with Gasteiger partial charge in [0.2, 0.25) is 11.8 Å². The number of amides is 2. The zero-order valence-corrected chi connectivity index (χ0v) is 30.8. The number of aliphatic hydroxyl groups excluding tert-OH is 1. The number of hydrogen-bond donors (Lipinski definition) is 3. The van der Waals surface area contributed by atoms with Crippen molar-refractivity contribution in [1.29, 1.82) is 0 Å². The summed E-state index contributed by atoms with van der Waals surface area (Å²) in [5, 5.41) is 24.6. The molecule has 7 rings (SSSR count). The lowest BCUT2D eigenvalue weighted by Gasteiger charge is -2.50. The minimum atomic E-state index is -1.42. The van der Waals surface area contributed by atoms with Crippen LogP contribution in [0.15, 0.2) is 54.6 Å². The Kier molecular flexibility index (Phi) is 10.8. The maximum atomic E-state index is 15.1. The molecule has 5 aliphatic rings. The monoisotopic (exact) mass is 747 g/mol. The van der Waals surface area contributed by atoms with Crippen LogP contribution in [0.25, 0.3) is 6.08 Å². The van der Waals surface area contributed by atoms with Gasteiger partial charge in [-0.25, -0.2) is 0 Å². The Bertz CT molecular complexity index is 1780. The number of ether oxygens (including phenoxy) is 4. The van der Waals surface area contributed by atoms with E-state index in [1.807, 2.05) is 48.6 Å². The quantitative estimate of drug-likeness (QED) is 0.272. The molecule has 54 heavy (non-hydrogen) atoms. The molecule has 4 aliphatic heterocycles. The molecular formula is C40H49N3O11. The summed E-state index contributed by atoms with van der Waals surface area (Å²) in [5.74, 6) is -1.63. The first-order chi connectivity index (χ1) is 25.9. The predicted octanol–water partition coefficient (Wildman–Crippen LogP) is 2.78. The summed E-state index contributed by atoms with van der Waals surface area (Å²) in [6.07, 6.45) is 2.82. The Hall–Kier alpha value is -4.34. The molecule has 3 N–H and O–H groups in total. The number of nitrogens with one attached hydrogen (secondary N) is 1. The van der Waals surface area contributed by atoms with E-state index < -0.39 is 78.0 Å². The topological polar surface area (TPSA) is 173 Å². The van der Waals surface area contributed by atoms with E-state index in [2.05, 4.69) is 5.32 Å². The van der Waals surface area contributed by atoms with Crippen LogP contribution in [-0.4, -0.2) is 112 Å². The molecule has 1 saturated carbocycles. The third-order valence-corrected chi connectivity index (χ3v) is 10.9. The maximum absolute atomic E-state index is 15.1. The Balaban J connectivity index is 1.10. The number of fused-ring (bicyclic) bond motifs is 4. The first-order valence-electron chi connectivity index (χ1n) is 18.7. The summed E-state index contributed by atoms with van der Waals surface area (Å²) >= 11 is 0.